The molecular formula is C11H11BrClN3S. The number of hydrogen-bond acceptors (Lipinski definition) is 4. The van der Waals surface area contributed by atoms with Gasteiger partial charge in [-0.15, -0.1) is 11.3 Å². The number of nitrogens with zero attached hydrogens (tertiary/aromatic N) is 1. The van der Waals surface area contributed by atoms with E-state index in [4.69, 9.17) is 17.4 Å². The molecule has 3 N–H and O–H groups in total. The molecule has 1 unspecified atom stereocenters. The Bertz CT molecular complexity index is 489. The molecule has 90 valence electrons. The minimum absolute atomic E-state index is 0.0368. The standard InChI is InChI=1S/C11H11BrClN3S/c12-8-5-7(1-2-9(8)13)10(16-14)6-11-15-3-4-17-11/h1-5,10,16H,6,14H2. The minimum atomic E-state index is 0.0368. The largest absolute Gasteiger partial charge is 0.271 e. The van der Waals surface area contributed by atoms with Crippen LogP contribution in [0.1, 0.15) is 16.6 Å². The van der Waals surface area contributed by atoms with E-state index in [0.29, 0.717) is 5.02 Å². The fourth-order valence-corrected chi connectivity index (χ4v) is 2.71. The van der Waals surface area contributed by atoms with Crippen molar-refractivity contribution < 1.29 is 0 Å². The van der Waals surface area contributed by atoms with E-state index in [1.807, 2.05) is 23.6 Å². The zero-order valence-electron chi connectivity index (χ0n) is 8.86. The third kappa shape index (κ3) is 3.26. The van der Waals surface area contributed by atoms with Gasteiger partial charge in [-0.05, 0) is 33.6 Å². The van der Waals surface area contributed by atoms with Gasteiger partial charge in [-0.25, -0.2) is 4.98 Å². The summed E-state index contributed by atoms with van der Waals surface area (Å²) in [6.45, 7) is 0. The molecule has 1 aromatic carbocycles. The van der Waals surface area contributed by atoms with E-state index in [1.54, 1.807) is 17.5 Å². The van der Waals surface area contributed by atoms with Crippen LogP contribution < -0.4 is 11.3 Å². The summed E-state index contributed by atoms with van der Waals surface area (Å²) in [6.07, 6.45) is 2.56. The lowest BCUT2D eigenvalue weighted by Gasteiger charge is -2.15. The molecule has 0 bridgehead atoms. The second-order valence-electron chi connectivity index (χ2n) is 3.52. The number of benzene rings is 1. The van der Waals surface area contributed by atoms with Crippen molar-refractivity contribution in [3.05, 3.63) is 49.8 Å². The minimum Gasteiger partial charge on any atom is -0.271 e. The molecule has 0 aliphatic carbocycles. The van der Waals surface area contributed by atoms with Gasteiger partial charge in [-0.3, -0.25) is 11.3 Å². The Hall–Kier alpha value is -0.460. The van der Waals surface area contributed by atoms with Gasteiger partial charge < -0.3 is 0 Å². The lowest BCUT2D eigenvalue weighted by atomic mass is 10.1. The summed E-state index contributed by atoms with van der Waals surface area (Å²) in [5, 5.41) is 3.71. The van der Waals surface area contributed by atoms with Gasteiger partial charge in [0.05, 0.1) is 16.1 Å². The SMILES string of the molecule is NNC(Cc1nccs1)c1ccc(Cl)c(Br)c1. The van der Waals surface area contributed by atoms with Gasteiger partial charge in [0.2, 0.25) is 0 Å². The van der Waals surface area contributed by atoms with Gasteiger partial charge in [0.15, 0.2) is 0 Å². The normalized spacial score (nSPS) is 12.6. The van der Waals surface area contributed by atoms with Crippen LogP contribution >= 0.6 is 38.9 Å². The Labute approximate surface area is 117 Å². The Balaban J connectivity index is 2.20. The van der Waals surface area contributed by atoms with E-state index in [2.05, 4.69) is 26.3 Å². The third-order valence-corrected chi connectivity index (χ3v) is 4.43. The number of halogens is 2. The molecule has 0 radical (unpaired) electrons. The Morgan fingerprint density at radius 1 is 1.53 bits per heavy atom. The zero-order chi connectivity index (χ0) is 12.3. The summed E-state index contributed by atoms with van der Waals surface area (Å²) >= 11 is 11.0. The lowest BCUT2D eigenvalue weighted by molar-refractivity contribution is 0.550. The van der Waals surface area contributed by atoms with Crippen LogP contribution in [-0.4, -0.2) is 4.98 Å². The average molecular weight is 333 g/mol. The van der Waals surface area contributed by atoms with E-state index in [1.165, 1.54) is 0 Å². The first-order valence-electron chi connectivity index (χ1n) is 5.00. The highest BCUT2D eigenvalue weighted by atomic mass is 79.9. The van der Waals surface area contributed by atoms with Gasteiger partial charge in [-0.1, -0.05) is 17.7 Å². The molecule has 1 heterocycles. The molecule has 0 aliphatic rings. The third-order valence-electron chi connectivity index (χ3n) is 2.41. The number of hydrogen-bond donors (Lipinski definition) is 2. The maximum atomic E-state index is 5.96. The van der Waals surface area contributed by atoms with Gasteiger partial charge in [0.25, 0.3) is 0 Å². The molecule has 0 fully saturated rings. The molecule has 0 aliphatic heterocycles. The monoisotopic (exact) mass is 331 g/mol. The van der Waals surface area contributed by atoms with Crippen LogP contribution in [0, 0.1) is 0 Å². The number of aromatic nitrogens is 1. The van der Waals surface area contributed by atoms with Crippen molar-refractivity contribution in [1.82, 2.24) is 10.4 Å². The summed E-state index contributed by atoms with van der Waals surface area (Å²) in [4.78, 5) is 4.25. The van der Waals surface area contributed by atoms with Crippen molar-refractivity contribution in [1.29, 1.82) is 0 Å². The molecule has 3 nitrogen and oxygen atoms in total. The van der Waals surface area contributed by atoms with Crippen LogP contribution in [0.3, 0.4) is 0 Å². The molecular weight excluding hydrogens is 322 g/mol. The summed E-state index contributed by atoms with van der Waals surface area (Å²) < 4.78 is 0.871. The van der Waals surface area contributed by atoms with Crippen molar-refractivity contribution in [3.8, 4) is 0 Å². The van der Waals surface area contributed by atoms with E-state index < -0.39 is 0 Å². The Kier molecular flexibility index (Phi) is 4.53. The summed E-state index contributed by atoms with van der Waals surface area (Å²) in [5.41, 5.74) is 3.89. The van der Waals surface area contributed by atoms with Gasteiger partial charge in [0, 0.05) is 22.5 Å². The molecule has 2 aromatic rings. The quantitative estimate of drug-likeness (QED) is 0.667. The number of nitrogens with two attached hydrogens (primary N) is 1. The van der Waals surface area contributed by atoms with E-state index >= 15 is 0 Å². The first-order valence-corrected chi connectivity index (χ1v) is 7.05. The molecule has 2 rings (SSSR count). The first kappa shape index (κ1) is 13.0. The summed E-state index contributed by atoms with van der Waals surface area (Å²) in [7, 11) is 0. The molecule has 0 saturated heterocycles. The highest BCUT2D eigenvalue weighted by Gasteiger charge is 2.13. The smallest absolute Gasteiger partial charge is 0.0944 e. The molecule has 6 heteroatoms. The number of rotatable bonds is 4. The molecule has 1 atom stereocenters. The average Bonchev–Trinajstić information content (AvgIpc) is 2.82. The Morgan fingerprint density at radius 3 is 2.94 bits per heavy atom. The van der Waals surface area contributed by atoms with Crippen LogP contribution in [0.15, 0.2) is 34.2 Å². The van der Waals surface area contributed by atoms with E-state index in [9.17, 15) is 0 Å². The van der Waals surface area contributed by atoms with Crippen molar-refractivity contribution >= 4 is 38.9 Å². The van der Waals surface area contributed by atoms with Crippen molar-refractivity contribution in [3.63, 3.8) is 0 Å². The van der Waals surface area contributed by atoms with Crippen molar-refractivity contribution in [2.75, 3.05) is 0 Å². The molecule has 0 spiro atoms. The van der Waals surface area contributed by atoms with E-state index in [0.717, 1.165) is 21.5 Å². The maximum absolute atomic E-state index is 5.96. The molecule has 17 heavy (non-hydrogen) atoms. The summed E-state index contributed by atoms with van der Waals surface area (Å²) in [5.74, 6) is 5.59. The predicted molar refractivity (Wildman–Crippen MR) is 75.0 cm³/mol. The number of thiazole rings is 1. The van der Waals surface area contributed by atoms with Crippen molar-refractivity contribution in [2.45, 2.75) is 12.5 Å². The van der Waals surface area contributed by atoms with E-state index in [-0.39, 0.29) is 6.04 Å². The number of hydrazine groups is 1. The van der Waals surface area contributed by atoms with Gasteiger partial charge in [-0.2, -0.15) is 0 Å². The van der Waals surface area contributed by atoms with Crippen LogP contribution in [-0.2, 0) is 6.42 Å². The number of nitrogens with one attached hydrogen (secondary N) is 1. The highest BCUT2D eigenvalue weighted by molar-refractivity contribution is 9.10. The fraction of sp³-hybridized carbons (Fsp3) is 0.182. The van der Waals surface area contributed by atoms with Crippen molar-refractivity contribution in [2.24, 2.45) is 5.84 Å². The molecule has 1 aromatic heterocycles. The topological polar surface area (TPSA) is 50.9 Å². The van der Waals surface area contributed by atoms with Crippen LogP contribution in [0.2, 0.25) is 5.02 Å². The van der Waals surface area contributed by atoms with Crippen LogP contribution in [0.25, 0.3) is 0 Å². The zero-order valence-corrected chi connectivity index (χ0v) is 12.0. The lowest BCUT2D eigenvalue weighted by Crippen LogP contribution is -2.29. The molecule has 0 amide bonds. The van der Waals surface area contributed by atoms with Crippen LogP contribution in [0.4, 0.5) is 0 Å². The second-order valence-corrected chi connectivity index (χ2v) is 5.76. The first-order chi connectivity index (χ1) is 8.20. The summed E-state index contributed by atoms with van der Waals surface area (Å²) in [6, 6.07) is 5.83. The Morgan fingerprint density at radius 2 is 2.35 bits per heavy atom. The maximum Gasteiger partial charge on any atom is 0.0944 e. The van der Waals surface area contributed by atoms with Gasteiger partial charge >= 0.3 is 0 Å². The highest BCUT2D eigenvalue weighted by Crippen LogP contribution is 2.27. The van der Waals surface area contributed by atoms with Crippen LogP contribution in [0.5, 0.6) is 0 Å². The fourth-order valence-electron chi connectivity index (χ4n) is 1.53. The second kappa shape index (κ2) is 5.93. The molecule has 0 saturated carbocycles. The van der Waals surface area contributed by atoms with Gasteiger partial charge in [0.1, 0.15) is 0 Å². The predicted octanol–water partition coefficient (Wildman–Crippen LogP) is 3.31.